The van der Waals surface area contributed by atoms with Gasteiger partial charge in [-0.3, -0.25) is 0 Å². The number of carboxylic acids is 1. The zero-order valence-corrected chi connectivity index (χ0v) is 8.27. The zero-order valence-electron chi connectivity index (χ0n) is 8.27. The third-order valence-electron chi connectivity index (χ3n) is 2.53. The van der Waals surface area contributed by atoms with Gasteiger partial charge in [-0.05, 0) is 18.9 Å². The van der Waals surface area contributed by atoms with Crippen molar-refractivity contribution in [1.82, 2.24) is 4.98 Å². The van der Waals surface area contributed by atoms with Crippen molar-refractivity contribution >= 4 is 11.8 Å². The van der Waals surface area contributed by atoms with Crippen LogP contribution in [0.2, 0.25) is 0 Å². The van der Waals surface area contributed by atoms with E-state index in [1.54, 1.807) is 11.9 Å². The Morgan fingerprint density at radius 3 is 2.87 bits per heavy atom. The quantitative estimate of drug-likeness (QED) is 0.821. The lowest BCUT2D eigenvalue weighted by Crippen LogP contribution is -2.23. The Morgan fingerprint density at radius 2 is 2.33 bits per heavy atom. The van der Waals surface area contributed by atoms with Crippen LogP contribution in [-0.2, 0) is 0 Å². The van der Waals surface area contributed by atoms with Gasteiger partial charge in [-0.25, -0.2) is 14.2 Å². The lowest BCUT2D eigenvalue weighted by atomic mass is 10.2. The fraction of sp³-hybridized carbons (Fsp3) is 0.400. The van der Waals surface area contributed by atoms with Crippen LogP contribution < -0.4 is 4.90 Å². The summed E-state index contributed by atoms with van der Waals surface area (Å²) in [6, 6.07) is 1.47. The van der Waals surface area contributed by atoms with E-state index in [1.807, 2.05) is 0 Å². The maximum Gasteiger partial charge on any atom is 0.338 e. The Labute approximate surface area is 86.4 Å². The van der Waals surface area contributed by atoms with Crippen molar-refractivity contribution in [3.63, 3.8) is 0 Å². The maximum atomic E-state index is 13.7. The molecular weight excluding hydrogens is 199 g/mol. The van der Waals surface area contributed by atoms with Gasteiger partial charge >= 0.3 is 5.97 Å². The number of halogens is 1. The topological polar surface area (TPSA) is 53.4 Å². The van der Waals surface area contributed by atoms with E-state index in [0.29, 0.717) is 6.04 Å². The number of rotatable bonds is 3. The van der Waals surface area contributed by atoms with Crippen LogP contribution >= 0.6 is 0 Å². The van der Waals surface area contributed by atoms with Crippen molar-refractivity contribution in [3.8, 4) is 0 Å². The van der Waals surface area contributed by atoms with Crippen molar-refractivity contribution in [2.24, 2.45) is 0 Å². The van der Waals surface area contributed by atoms with Crippen LogP contribution in [0.4, 0.5) is 10.2 Å². The summed E-state index contributed by atoms with van der Waals surface area (Å²) >= 11 is 0. The van der Waals surface area contributed by atoms with Crippen molar-refractivity contribution in [2.75, 3.05) is 11.9 Å². The van der Waals surface area contributed by atoms with Gasteiger partial charge in [0.15, 0.2) is 11.6 Å². The minimum absolute atomic E-state index is 0.123. The third kappa shape index (κ3) is 1.77. The second-order valence-electron chi connectivity index (χ2n) is 3.64. The van der Waals surface area contributed by atoms with Gasteiger partial charge < -0.3 is 10.0 Å². The monoisotopic (exact) mass is 210 g/mol. The Balaban J connectivity index is 2.38. The number of hydrogen-bond donors (Lipinski definition) is 1. The molecule has 1 aliphatic rings. The van der Waals surface area contributed by atoms with Crippen LogP contribution in [0.3, 0.4) is 0 Å². The van der Waals surface area contributed by atoms with Gasteiger partial charge in [-0.1, -0.05) is 0 Å². The summed E-state index contributed by atoms with van der Waals surface area (Å²) in [6.45, 7) is 0. The molecule has 15 heavy (non-hydrogen) atoms. The first-order valence-electron chi connectivity index (χ1n) is 4.72. The van der Waals surface area contributed by atoms with Gasteiger partial charge in [-0.15, -0.1) is 0 Å². The van der Waals surface area contributed by atoms with Gasteiger partial charge in [0.25, 0.3) is 0 Å². The van der Waals surface area contributed by atoms with Crippen LogP contribution in [0.25, 0.3) is 0 Å². The van der Waals surface area contributed by atoms with Gasteiger partial charge in [0.1, 0.15) is 5.56 Å². The minimum atomic E-state index is -1.26. The normalized spacial score (nSPS) is 15.1. The lowest BCUT2D eigenvalue weighted by Gasteiger charge is -2.18. The molecule has 1 heterocycles. The number of pyridine rings is 1. The zero-order chi connectivity index (χ0) is 11.0. The molecular formula is C10H11FN2O2. The van der Waals surface area contributed by atoms with Crippen molar-refractivity contribution in [2.45, 2.75) is 18.9 Å². The van der Waals surface area contributed by atoms with Crippen LogP contribution in [0.1, 0.15) is 23.2 Å². The Hall–Kier alpha value is -1.65. The molecule has 1 aliphatic carbocycles. The number of carboxylic acid groups (broad SMARTS) is 1. The third-order valence-corrected chi connectivity index (χ3v) is 2.53. The van der Waals surface area contributed by atoms with Gasteiger partial charge in [0, 0.05) is 19.3 Å². The average molecular weight is 210 g/mol. The summed E-state index contributed by atoms with van der Waals surface area (Å²) in [5.74, 6) is -1.89. The number of hydrogen-bond acceptors (Lipinski definition) is 3. The molecule has 80 valence electrons. The first kappa shape index (κ1) is 9.89. The Morgan fingerprint density at radius 1 is 1.67 bits per heavy atom. The Bertz CT molecular complexity index is 404. The molecule has 4 nitrogen and oxygen atoms in total. The fourth-order valence-corrected chi connectivity index (χ4v) is 1.48. The minimum Gasteiger partial charge on any atom is -0.478 e. The van der Waals surface area contributed by atoms with E-state index in [2.05, 4.69) is 4.98 Å². The first-order valence-corrected chi connectivity index (χ1v) is 4.72. The highest BCUT2D eigenvalue weighted by molar-refractivity contribution is 5.88. The van der Waals surface area contributed by atoms with E-state index in [0.717, 1.165) is 12.8 Å². The fourth-order valence-electron chi connectivity index (χ4n) is 1.48. The van der Waals surface area contributed by atoms with Crippen molar-refractivity contribution in [3.05, 3.63) is 23.6 Å². The summed E-state index contributed by atoms with van der Waals surface area (Å²) in [4.78, 5) is 16.3. The van der Waals surface area contributed by atoms with E-state index < -0.39 is 11.8 Å². The maximum absolute atomic E-state index is 13.7. The molecule has 0 aliphatic heterocycles. The number of aromatic carboxylic acids is 1. The molecule has 0 aromatic carbocycles. The van der Waals surface area contributed by atoms with E-state index in [4.69, 9.17) is 5.11 Å². The molecule has 1 aromatic rings. The summed E-state index contributed by atoms with van der Waals surface area (Å²) in [5, 5.41) is 8.74. The lowest BCUT2D eigenvalue weighted by molar-refractivity contribution is 0.0692. The molecule has 1 fully saturated rings. The predicted octanol–water partition coefficient (Wildman–Crippen LogP) is 1.52. The molecule has 0 saturated heterocycles. The number of nitrogens with zero attached hydrogens (tertiary/aromatic N) is 2. The highest BCUT2D eigenvalue weighted by Gasteiger charge is 2.30. The van der Waals surface area contributed by atoms with Crippen molar-refractivity contribution in [1.29, 1.82) is 0 Å². The SMILES string of the molecule is CN(c1nccc(C(=O)O)c1F)C1CC1. The molecule has 0 radical (unpaired) electrons. The largest absolute Gasteiger partial charge is 0.478 e. The van der Waals surface area contributed by atoms with Crippen LogP contribution in [0, 0.1) is 5.82 Å². The van der Waals surface area contributed by atoms with E-state index in [-0.39, 0.29) is 11.4 Å². The smallest absolute Gasteiger partial charge is 0.338 e. The first-order chi connectivity index (χ1) is 7.11. The highest BCUT2D eigenvalue weighted by atomic mass is 19.1. The van der Waals surface area contributed by atoms with Gasteiger partial charge in [0.2, 0.25) is 0 Å². The second kappa shape index (κ2) is 3.49. The number of aromatic nitrogens is 1. The van der Waals surface area contributed by atoms with E-state index >= 15 is 0 Å². The molecule has 1 saturated carbocycles. The summed E-state index contributed by atoms with van der Waals surface area (Å²) in [5.41, 5.74) is -0.326. The second-order valence-corrected chi connectivity index (χ2v) is 3.64. The van der Waals surface area contributed by atoms with Gasteiger partial charge in [-0.2, -0.15) is 0 Å². The number of carbonyl (C=O) groups is 1. The van der Waals surface area contributed by atoms with E-state index in [9.17, 15) is 9.18 Å². The predicted molar refractivity (Wildman–Crippen MR) is 52.6 cm³/mol. The highest BCUT2D eigenvalue weighted by Crippen LogP contribution is 2.30. The molecule has 5 heteroatoms. The molecule has 0 atom stereocenters. The summed E-state index contributed by atoms with van der Waals surface area (Å²) in [7, 11) is 1.73. The molecule has 2 rings (SSSR count). The molecule has 0 unspecified atom stereocenters. The molecule has 1 aromatic heterocycles. The van der Waals surface area contributed by atoms with Crippen LogP contribution in [-0.4, -0.2) is 29.1 Å². The summed E-state index contributed by atoms with van der Waals surface area (Å²) in [6.07, 6.45) is 3.34. The number of anilines is 1. The Kier molecular flexibility index (Phi) is 2.30. The standard InChI is InChI=1S/C10H11FN2O2/c1-13(6-2-3-6)9-8(11)7(10(14)15)4-5-12-9/h4-6H,2-3H2,1H3,(H,14,15). The van der Waals surface area contributed by atoms with Gasteiger partial charge in [0.05, 0.1) is 0 Å². The molecule has 0 amide bonds. The molecule has 0 bridgehead atoms. The molecule has 0 spiro atoms. The van der Waals surface area contributed by atoms with Crippen molar-refractivity contribution < 1.29 is 14.3 Å². The summed E-state index contributed by atoms with van der Waals surface area (Å²) < 4.78 is 13.7. The van der Waals surface area contributed by atoms with Crippen LogP contribution in [0.5, 0.6) is 0 Å². The van der Waals surface area contributed by atoms with E-state index in [1.165, 1.54) is 12.3 Å². The average Bonchev–Trinajstić information content (AvgIpc) is 3.00. The van der Waals surface area contributed by atoms with Crippen LogP contribution in [0.15, 0.2) is 12.3 Å². The molecule has 1 N–H and O–H groups in total.